The van der Waals surface area contributed by atoms with Crippen molar-refractivity contribution in [3.63, 3.8) is 0 Å². The van der Waals surface area contributed by atoms with E-state index in [1.807, 2.05) is 4.90 Å². The Morgan fingerprint density at radius 2 is 1.50 bits per heavy atom. The lowest BCUT2D eigenvalue weighted by atomic mass is 9.87. The second-order valence-electron chi connectivity index (χ2n) is 6.65. The van der Waals surface area contributed by atoms with Crippen LogP contribution in [0.3, 0.4) is 0 Å². The minimum absolute atomic E-state index is 0.0587. The van der Waals surface area contributed by atoms with Crippen LogP contribution < -0.4 is 5.32 Å². The average Bonchev–Trinajstić information content (AvgIpc) is 2.60. The topological polar surface area (TPSA) is 49.4 Å². The Kier molecular flexibility index (Phi) is 5.80. The zero-order valence-corrected chi connectivity index (χ0v) is 15.1. The van der Waals surface area contributed by atoms with Crippen LogP contribution in [-0.2, 0) is 4.79 Å². The molecule has 0 aliphatic carbocycles. The second-order valence-corrected chi connectivity index (χ2v) is 7.52. The maximum absolute atomic E-state index is 12.7. The second kappa shape index (κ2) is 7.85. The van der Waals surface area contributed by atoms with Crippen LogP contribution in [0, 0.1) is 11.8 Å². The molecule has 2 fully saturated rings. The predicted octanol–water partition coefficient (Wildman–Crippen LogP) is 3.41. The van der Waals surface area contributed by atoms with Gasteiger partial charge < -0.3 is 10.2 Å². The molecule has 0 aromatic heterocycles. The zero-order valence-electron chi connectivity index (χ0n) is 13.6. The highest BCUT2D eigenvalue weighted by Gasteiger charge is 2.31. The molecule has 130 valence electrons. The fraction of sp³-hybridized carbons (Fsp3) is 0.556. The van der Waals surface area contributed by atoms with Gasteiger partial charge in [0.05, 0.1) is 0 Å². The van der Waals surface area contributed by atoms with Crippen LogP contribution in [0.25, 0.3) is 0 Å². The number of Topliss-reactive ketones (excluding diaryl/α,β-unsaturated/α-hetero) is 1. The Hall–Kier alpha value is -1.10. The van der Waals surface area contributed by atoms with E-state index in [2.05, 4.69) is 5.32 Å². The van der Waals surface area contributed by atoms with Gasteiger partial charge in [-0.1, -0.05) is 23.2 Å². The van der Waals surface area contributed by atoms with Gasteiger partial charge in [0.2, 0.25) is 5.91 Å². The van der Waals surface area contributed by atoms with E-state index in [-0.39, 0.29) is 23.5 Å². The number of halogens is 2. The molecule has 4 nitrogen and oxygen atoms in total. The number of piperidine rings is 2. The molecule has 2 heterocycles. The molecule has 24 heavy (non-hydrogen) atoms. The molecule has 1 N–H and O–H groups in total. The number of benzene rings is 1. The molecule has 1 aromatic carbocycles. The first-order chi connectivity index (χ1) is 11.5. The number of rotatable bonds is 3. The molecule has 0 unspecified atom stereocenters. The molecule has 0 bridgehead atoms. The number of carbonyl (C=O) groups is 2. The van der Waals surface area contributed by atoms with Crippen molar-refractivity contribution in [2.45, 2.75) is 25.7 Å². The first kappa shape index (κ1) is 17.7. The van der Waals surface area contributed by atoms with Gasteiger partial charge in [-0.05, 0) is 57.0 Å². The third-order valence-corrected chi connectivity index (χ3v) is 5.45. The third-order valence-electron chi connectivity index (χ3n) is 5.01. The minimum atomic E-state index is -0.0587. The van der Waals surface area contributed by atoms with E-state index in [4.69, 9.17) is 23.2 Å². The lowest BCUT2D eigenvalue weighted by Crippen LogP contribution is -2.45. The van der Waals surface area contributed by atoms with E-state index in [1.165, 1.54) is 0 Å². The van der Waals surface area contributed by atoms with E-state index in [9.17, 15) is 9.59 Å². The molecule has 2 aliphatic heterocycles. The Morgan fingerprint density at radius 3 is 2.08 bits per heavy atom. The van der Waals surface area contributed by atoms with E-state index >= 15 is 0 Å². The van der Waals surface area contributed by atoms with Crippen LogP contribution in [-0.4, -0.2) is 42.8 Å². The fourth-order valence-corrected chi connectivity index (χ4v) is 4.15. The molecule has 0 spiro atoms. The first-order valence-corrected chi connectivity index (χ1v) is 9.30. The third kappa shape index (κ3) is 4.11. The van der Waals surface area contributed by atoms with Crippen LogP contribution in [0.2, 0.25) is 10.0 Å². The maximum Gasteiger partial charge on any atom is 0.225 e. The number of hydrogen-bond acceptors (Lipinski definition) is 3. The fourth-order valence-electron chi connectivity index (χ4n) is 3.62. The summed E-state index contributed by atoms with van der Waals surface area (Å²) in [5.41, 5.74) is 0.565. The minimum Gasteiger partial charge on any atom is -0.342 e. The van der Waals surface area contributed by atoms with Crippen LogP contribution in [0.1, 0.15) is 36.0 Å². The largest absolute Gasteiger partial charge is 0.342 e. The number of likely N-dealkylation sites (tertiary alicyclic amines) is 1. The SMILES string of the molecule is O=C(c1cc(Cl)cc(Cl)c1)C1CCN(C(=O)C2CCNCC2)CC1. The number of hydrogen-bond donors (Lipinski definition) is 1. The summed E-state index contributed by atoms with van der Waals surface area (Å²) in [6.07, 6.45) is 3.25. The molecule has 3 rings (SSSR count). The maximum atomic E-state index is 12.7. The highest BCUT2D eigenvalue weighted by atomic mass is 35.5. The van der Waals surface area contributed by atoms with E-state index in [0.717, 1.165) is 25.9 Å². The Bertz CT molecular complexity index is 601. The molecule has 6 heteroatoms. The normalized spacial score (nSPS) is 20.2. The summed E-state index contributed by atoms with van der Waals surface area (Å²) >= 11 is 12.0. The molecular formula is C18H22Cl2N2O2. The highest BCUT2D eigenvalue weighted by molar-refractivity contribution is 6.35. The van der Waals surface area contributed by atoms with Crippen molar-refractivity contribution in [3.05, 3.63) is 33.8 Å². The van der Waals surface area contributed by atoms with Gasteiger partial charge in [-0.15, -0.1) is 0 Å². The van der Waals surface area contributed by atoms with Crippen molar-refractivity contribution >= 4 is 34.9 Å². The van der Waals surface area contributed by atoms with Crippen molar-refractivity contribution in [1.82, 2.24) is 10.2 Å². The van der Waals surface area contributed by atoms with Gasteiger partial charge in [0.25, 0.3) is 0 Å². The van der Waals surface area contributed by atoms with E-state index in [1.54, 1.807) is 18.2 Å². The molecule has 1 aromatic rings. The number of carbonyl (C=O) groups excluding carboxylic acids is 2. The molecule has 0 atom stereocenters. The van der Waals surface area contributed by atoms with E-state index < -0.39 is 0 Å². The van der Waals surface area contributed by atoms with Crippen LogP contribution in [0.4, 0.5) is 0 Å². The van der Waals surface area contributed by atoms with Gasteiger partial charge in [0.1, 0.15) is 0 Å². The number of amides is 1. The van der Waals surface area contributed by atoms with Crippen molar-refractivity contribution in [2.75, 3.05) is 26.2 Å². The van der Waals surface area contributed by atoms with Crippen LogP contribution >= 0.6 is 23.2 Å². The molecule has 2 aliphatic rings. The van der Waals surface area contributed by atoms with Crippen molar-refractivity contribution in [1.29, 1.82) is 0 Å². The molecular weight excluding hydrogens is 347 g/mol. The molecule has 0 radical (unpaired) electrons. The lowest BCUT2D eigenvalue weighted by molar-refractivity contribution is -0.137. The smallest absolute Gasteiger partial charge is 0.225 e. The van der Waals surface area contributed by atoms with Gasteiger partial charge in [-0.2, -0.15) is 0 Å². The van der Waals surface area contributed by atoms with Crippen molar-refractivity contribution in [2.24, 2.45) is 11.8 Å². The van der Waals surface area contributed by atoms with Gasteiger partial charge in [-0.3, -0.25) is 9.59 Å². The van der Waals surface area contributed by atoms with Gasteiger partial charge in [-0.25, -0.2) is 0 Å². The predicted molar refractivity (Wildman–Crippen MR) is 95.7 cm³/mol. The average molecular weight is 369 g/mol. The first-order valence-electron chi connectivity index (χ1n) is 8.54. The molecule has 1 amide bonds. The summed E-state index contributed by atoms with van der Waals surface area (Å²) in [6.45, 7) is 3.16. The summed E-state index contributed by atoms with van der Waals surface area (Å²) < 4.78 is 0. The van der Waals surface area contributed by atoms with Gasteiger partial charge in [0, 0.05) is 40.5 Å². The number of nitrogens with one attached hydrogen (secondary N) is 1. The van der Waals surface area contributed by atoms with Gasteiger partial charge >= 0.3 is 0 Å². The van der Waals surface area contributed by atoms with Crippen molar-refractivity contribution < 1.29 is 9.59 Å². The molecule has 2 saturated heterocycles. The van der Waals surface area contributed by atoms with Gasteiger partial charge in [0.15, 0.2) is 5.78 Å². The quantitative estimate of drug-likeness (QED) is 0.831. The summed E-state index contributed by atoms with van der Waals surface area (Å²) in [6, 6.07) is 4.96. The van der Waals surface area contributed by atoms with Crippen molar-refractivity contribution in [3.8, 4) is 0 Å². The monoisotopic (exact) mass is 368 g/mol. The standard InChI is InChI=1S/C18H22Cl2N2O2/c19-15-9-14(10-16(20)11-15)17(23)12-3-7-22(8-4-12)18(24)13-1-5-21-6-2-13/h9-13,21H,1-8H2. The zero-order chi connectivity index (χ0) is 17.1. The summed E-state index contributed by atoms with van der Waals surface area (Å²) in [4.78, 5) is 27.2. The molecule has 0 saturated carbocycles. The lowest BCUT2D eigenvalue weighted by Gasteiger charge is -2.35. The number of nitrogens with zero attached hydrogens (tertiary/aromatic N) is 1. The summed E-state index contributed by atoms with van der Waals surface area (Å²) in [5, 5.41) is 4.24. The Labute approximate surface area is 152 Å². The van der Waals surface area contributed by atoms with Crippen LogP contribution in [0.15, 0.2) is 18.2 Å². The Balaban J connectivity index is 1.58. The number of ketones is 1. The summed E-state index contributed by atoms with van der Waals surface area (Å²) in [5.74, 6) is 0.420. The summed E-state index contributed by atoms with van der Waals surface area (Å²) in [7, 11) is 0. The van der Waals surface area contributed by atoms with E-state index in [0.29, 0.717) is 41.5 Å². The Morgan fingerprint density at radius 1 is 0.917 bits per heavy atom. The highest BCUT2D eigenvalue weighted by Crippen LogP contribution is 2.27. The van der Waals surface area contributed by atoms with Crippen LogP contribution in [0.5, 0.6) is 0 Å².